The van der Waals surface area contributed by atoms with Crippen LogP contribution < -0.4 is 5.32 Å². The van der Waals surface area contributed by atoms with Gasteiger partial charge in [0, 0.05) is 0 Å². The summed E-state index contributed by atoms with van der Waals surface area (Å²) in [6.07, 6.45) is 0. The van der Waals surface area contributed by atoms with E-state index in [4.69, 9.17) is 34.8 Å². The molecule has 8 heteroatoms. The van der Waals surface area contributed by atoms with Gasteiger partial charge in [0.25, 0.3) is 11.8 Å². The molecule has 25 heavy (non-hydrogen) atoms. The number of carbonyl (C=O) groups is 3. The zero-order valence-electron chi connectivity index (χ0n) is 12.8. The highest BCUT2D eigenvalue weighted by Gasteiger charge is 2.41. The first kappa shape index (κ1) is 17.7. The third-order valence-electron chi connectivity index (χ3n) is 3.86. The third-order valence-corrected chi connectivity index (χ3v) is 4.91. The van der Waals surface area contributed by atoms with Crippen molar-refractivity contribution in [1.29, 1.82) is 0 Å². The van der Waals surface area contributed by atoms with Crippen molar-refractivity contribution in [1.82, 2.24) is 4.90 Å². The minimum Gasteiger partial charge on any atom is -0.323 e. The predicted octanol–water partition coefficient (Wildman–Crippen LogP) is 4.27. The average molecular weight is 398 g/mol. The Hall–Kier alpha value is -2.08. The molecule has 128 valence electrons. The van der Waals surface area contributed by atoms with Crippen molar-refractivity contribution in [3.8, 4) is 0 Å². The number of amides is 3. The van der Waals surface area contributed by atoms with Crippen LogP contribution in [-0.4, -0.2) is 28.7 Å². The van der Waals surface area contributed by atoms with Gasteiger partial charge in [-0.15, -0.1) is 0 Å². The van der Waals surface area contributed by atoms with Gasteiger partial charge in [0.2, 0.25) is 5.91 Å². The van der Waals surface area contributed by atoms with Crippen LogP contribution in [0.2, 0.25) is 15.1 Å². The fourth-order valence-corrected chi connectivity index (χ4v) is 3.03. The lowest BCUT2D eigenvalue weighted by atomic mass is 10.1. The van der Waals surface area contributed by atoms with Gasteiger partial charge in [-0.25, -0.2) is 0 Å². The number of halogens is 3. The number of para-hydroxylation sites is 1. The molecule has 1 aliphatic rings. The minimum absolute atomic E-state index is 0.122. The molecule has 0 saturated heterocycles. The maximum absolute atomic E-state index is 12.5. The van der Waals surface area contributed by atoms with E-state index in [1.54, 1.807) is 24.3 Å². The molecule has 2 aromatic carbocycles. The smallest absolute Gasteiger partial charge is 0.262 e. The summed E-state index contributed by atoms with van der Waals surface area (Å²) in [5.41, 5.74) is 0.636. The van der Waals surface area contributed by atoms with E-state index in [0.717, 1.165) is 4.90 Å². The Morgan fingerprint density at radius 2 is 1.48 bits per heavy atom. The van der Waals surface area contributed by atoms with Crippen LogP contribution in [-0.2, 0) is 4.79 Å². The average Bonchev–Trinajstić information content (AvgIpc) is 2.80. The van der Waals surface area contributed by atoms with Gasteiger partial charge in [0.1, 0.15) is 6.04 Å². The second-order valence-electron chi connectivity index (χ2n) is 5.44. The van der Waals surface area contributed by atoms with Crippen LogP contribution in [0.3, 0.4) is 0 Å². The summed E-state index contributed by atoms with van der Waals surface area (Å²) in [6.45, 7) is 1.46. The molecular formula is C17H11Cl3N2O3. The number of nitrogens with zero attached hydrogens (tertiary/aromatic N) is 1. The monoisotopic (exact) mass is 396 g/mol. The van der Waals surface area contributed by atoms with Crippen molar-refractivity contribution in [2.45, 2.75) is 13.0 Å². The van der Waals surface area contributed by atoms with Gasteiger partial charge in [-0.05, 0) is 31.2 Å². The normalized spacial score (nSPS) is 14.5. The van der Waals surface area contributed by atoms with Crippen molar-refractivity contribution in [3.05, 3.63) is 62.6 Å². The van der Waals surface area contributed by atoms with E-state index in [0.29, 0.717) is 10.7 Å². The molecule has 2 aromatic rings. The Balaban J connectivity index is 1.87. The molecule has 3 rings (SSSR count). The summed E-state index contributed by atoms with van der Waals surface area (Å²) in [5.74, 6) is -1.74. The molecule has 0 radical (unpaired) electrons. The number of benzene rings is 2. The lowest BCUT2D eigenvalue weighted by Gasteiger charge is -2.21. The van der Waals surface area contributed by atoms with E-state index in [9.17, 15) is 14.4 Å². The first-order chi connectivity index (χ1) is 11.8. The Kier molecular flexibility index (Phi) is 4.73. The Morgan fingerprint density at radius 1 is 0.960 bits per heavy atom. The third kappa shape index (κ3) is 3.11. The van der Waals surface area contributed by atoms with Gasteiger partial charge in [0.15, 0.2) is 0 Å². The van der Waals surface area contributed by atoms with Gasteiger partial charge in [-0.3, -0.25) is 19.3 Å². The standard InChI is InChI=1S/C17H11Cl3N2O3/c1-8(15(23)21-14-5-3-2-4-11(14)18)22-16(24)9-6-12(19)13(20)7-10(9)17(22)25/h2-8H,1H3,(H,21,23). The summed E-state index contributed by atoms with van der Waals surface area (Å²) in [7, 11) is 0. The van der Waals surface area contributed by atoms with E-state index >= 15 is 0 Å². The molecule has 0 fully saturated rings. The molecule has 0 aliphatic carbocycles. The number of anilines is 1. The summed E-state index contributed by atoms with van der Waals surface area (Å²) in [4.78, 5) is 38.4. The fourth-order valence-electron chi connectivity index (χ4n) is 2.52. The Bertz CT molecular complexity index is 873. The number of hydrogen-bond donors (Lipinski definition) is 1. The molecule has 0 saturated carbocycles. The summed E-state index contributed by atoms with van der Waals surface area (Å²) in [5, 5.41) is 3.29. The van der Waals surface area contributed by atoms with Crippen LogP contribution in [0.5, 0.6) is 0 Å². The van der Waals surface area contributed by atoms with Gasteiger partial charge < -0.3 is 5.32 Å². The number of carbonyl (C=O) groups excluding carboxylic acids is 3. The highest BCUT2D eigenvalue weighted by molar-refractivity contribution is 6.43. The number of rotatable bonds is 3. The van der Waals surface area contributed by atoms with E-state index < -0.39 is 23.8 Å². The summed E-state index contributed by atoms with van der Waals surface area (Å²) < 4.78 is 0. The number of imide groups is 1. The molecule has 3 amide bonds. The summed E-state index contributed by atoms with van der Waals surface area (Å²) >= 11 is 17.8. The predicted molar refractivity (Wildman–Crippen MR) is 96.5 cm³/mol. The SMILES string of the molecule is CC(C(=O)Nc1ccccc1Cl)N1C(=O)c2cc(Cl)c(Cl)cc2C1=O. The molecule has 0 aromatic heterocycles. The van der Waals surface area contributed by atoms with Gasteiger partial charge >= 0.3 is 0 Å². The Morgan fingerprint density at radius 3 is 2.00 bits per heavy atom. The van der Waals surface area contributed by atoms with Crippen LogP contribution in [0.4, 0.5) is 5.69 Å². The largest absolute Gasteiger partial charge is 0.323 e. The maximum Gasteiger partial charge on any atom is 0.262 e. The van der Waals surface area contributed by atoms with Crippen molar-refractivity contribution in [3.63, 3.8) is 0 Å². The zero-order chi connectivity index (χ0) is 18.3. The molecule has 1 N–H and O–H groups in total. The second-order valence-corrected chi connectivity index (χ2v) is 6.66. The van der Waals surface area contributed by atoms with Crippen molar-refractivity contribution in [2.24, 2.45) is 0 Å². The van der Waals surface area contributed by atoms with Crippen LogP contribution in [0, 0.1) is 0 Å². The Labute approximate surface area is 158 Å². The highest BCUT2D eigenvalue weighted by Crippen LogP contribution is 2.32. The number of fused-ring (bicyclic) bond motifs is 1. The van der Waals surface area contributed by atoms with Gasteiger partial charge in [-0.2, -0.15) is 0 Å². The molecule has 1 atom stereocenters. The number of nitrogens with one attached hydrogen (secondary N) is 1. The molecule has 1 aliphatic heterocycles. The van der Waals surface area contributed by atoms with E-state index in [-0.39, 0.29) is 21.2 Å². The lowest BCUT2D eigenvalue weighted by molar-refractivity contribution is -0.119. The maximum atomic E-state index is 12.5. The van der Waals surface area contributed by atoms with Crippen LogP contribution in [0.25, 0.3) is 0 Å². The molecular weight excluding hydrogens is 387 g/mol. The van der Waals surface area contributed by atoms with Crippen molar-refractivity contribution >= 4 is 58.2 Å². The fraction of sp³-hybridized carbons (Fsp3) is 0.118. The number of hydrogen-bond acceptors (Lipinski definition) is 3. The second kappa shape index (κ2) is 6.67. The molecule has 5 nitrogen and oxygen atoms in total. The van der Waals surface area contributed by atoms with Gasteiger partial charge in [-0.1, -0.05) is 46.9 Å². The minimum atomic E-state index is -1.04. The topological polar surface area (TPSA) is 66.5 Å². The molecule has 0 bridgehead atoms. The zero-order valence-corrected chi connectivity index (χ0v) is 15.1. The van der Waals surface area contributed by atoms with Crippen LogP contribution in [0.1, 0.15) is 27.6 Å². The summed E-state index contributed by atoms with van der Waals surface area (Å²) in [6, 6.07) is 8.29. The van der Waals surface area contributed by atoms with E-state index in [1.165, 1.54) is 19.1 Å². The molecule has 1 heterocycles. The van der Waals surface area contributed by atoms with E-state index in [1.807, 2.05) is 0 Å². The van der Waals surface area contributed by atoms with Crippen LogP contribution in [0.15, 0.2) is 36.4 Å². The van der Waals surface area contributed by atoms with E-state index in [2.05, 4.69) is 5.32 Å². The molecule has 1 unspecified atom stereocenters. The highest BCUT2D eigenvalue weighted by atomic mass is 35.5. The van der Waals surface area contributed by atoms with Crippen LogP contribution >= 0.6 is 34.8 Å². The van der Waals surface area contributed by atoms with Gasteiger partial charge in [0.05, 0.1) is 31.9 Å². The first-order valence-corrected chi connectivity index (χ1v) is 8.37. The van der Waals surface area contributed by atoms with Crippen molar-refractivity contribution < 1.29 is 14.4 Å². The lowest BCUT2D eigenvalue weighted by Crippen LogP contribution is -2.45. The first-order valence-electron chi connectivity index (χ1n) is 7.23. The van der Waals surface area contributed by atoms with Crippen molar-refractivity contribution in [2.75, 3.05) is 5.32 Å². The molecule has 0 spiro atoms. The quantitative estimate of drug-likeness (QED) is 0.787.